The minimum Gasteiger partial charge on any atom is -0.349 e. The van der Waals surface area contributed by atoms with Crippen molar-refractivity contribution in [3.63, 3.8) is 0 Å². The van der Waals surface area contributed by atoms with E-state index in [0.29, 0.717) is 23.9 Å². The zero-order valence-corrected chi connectivity index (χ0v) is 13.5. The van der Waals surface area contributed by atoms with Crippen LogP contribution in [-0.2, 0) is 6.54 Å². The normalized spacial score (nSPS) is 10.5. The van der Waals surface area contributed by atoms with Gasteiger partial charge in [-0.2, -0.15) is 10.1 Å². The van der Waals surface area contributed by atoms with Crippen molar-refractivity contribution in [3.8, 4) is 0 Å². The lowest BCUT2D eigenvalue weighted by Gasteiger charge is -2.12. The molecule has 1 heterocycles. The molecule has 0 bridgehead atoms. The van der Waals surface area contributed by atoms with Gasteiger partial charge in [-0.15, -0.1) is 5.10 Å². The van der Waals surface area contributed by atoms with Crippen molar-refractivity contribution in [1.29, 1.82) is 0 Å². The first-order chi connectivity index (χ1) is 11.6. The molecule has 0 spiro atoms. The molecule has 6 heteroatoms. The molecule has 0 atom stereocenters. The van der Waals surface area contributed by atoms with Crippen LogP contribution in [0.3, 0.4) is 0 Å². The molecule has 0 fully saturated rings. The van der Waals surface area contributed by atoms with Gasteiger partial charge in [-0.05, 0) is 31.0 Å². The predicted octanol–water partition coefficient (Wildman–Crippen LogP) is 3.98. The highest BCUT2D eigenvalue weighted by molar-refractivity contribution is 5.64. The van der Waals surface area contributed by atoms with E-state index in [1.54, 1.807) is 24.4 Å². The number of para-hydroxylation sites is 1. The number of nitrogens with one attached hydrogen (secondary N) is 2. The summed E-state index contributed by atoms with van der Waals surface area (Å²) < 4.78 is 13.6. The first-order valence-corrected chi connectivity index (χ1v) is 7.64. The molecule has 0 aliphatic carbocycles. The quantitative estimate of drug-likeness (QED) is 0.743. The summed E-state index contributed by atoms with van der Waals surface area (Å²) >= 11 is 0. The van der Waals surface area contributed by atoms with Crippen LogP contribution in [0, 0.1) is 19.7 Å². The maximum Gasteiger partial charge on any atom is 0.244 e. The van der Waals surface area contributed by atoms with E-state index in [2.05, 4.69) is 25.8 Å². The molecule has 2 aromatic carbocycles. The molecule has 24 heavy (non-hydrogen) atoms. The maximum absolute atomic E-state index is 13.6. The number of anilines is 3. The van der Waals surface area contributed by atoms with Crippen molar-refractivity contribution in [1.82, 2.24) is 15.2 Å². The second-order valence-corrected chi connectivity index (χ2v) is 5.50. The third-order valence-electron chi connectivity index (χ3n) is 3.69. The molecule has 0 aliphatic heterocycles. The fourth-order valence-electron chi connectivity index (χ4n) is 2.39. The third-order valence-corrected chi connectivity index (χ3v) is 3.69. The van der Waals surface area contributed by atoms with Crippen molar-refractivity contribution in [2.24, 2.45) is 0 Å². The van der Waals surface area contributed by atoms with Gasteiger partial charge >= 0.3 is 0 Å². The molecule has 3 aromatic rings. The number of benzene rings is 2. The van der Waals surface area contributed by atoms with Gasteiger partial charge in [0.1, 0.15) is 5.82 Å². The highest BCUT2D eigenvalue weighted by atomic mass is 19.1. The third kappa shape index (κ3) is 3.65. The lowest BCUT2D eigenvalue weighted by atomic mass is 10.1. The Kier molecular flexibility index (Phi) is 4.65. The maximum atomic E-state index is 13.6. The average Bonchev–Trinajstić information content (AvgIpc) is 2.58. The van der Waals surface area contributed by atoms with Crippen molar-refractivity contribution in [3.05, 3.63) is 71.2 Å². The number of hydrogen-bond acceptors (Lipinski definition) is 5. The van der Waals surface area contributed by atoms with Crippen LogP contribution >= 0.6 is 0 Å². The molecule has 0 amide bonds. The molecule has 122 valence electrons. The standard InChI is InChI=1S/C18H18FN5/c1-12-6-5-7-13(2)17(12)22-16-11-21-24-18(23-16)20-10-14-8-3-4-9-15(14)19/h3-9,11H,10H2,1-2H3,(H2,20,22,23,24). The van der Waals surface area contributed by atoms with E-state index >= 15 is 0 Å². The largest absolute Gasteiger partial charge is 0.349 e. The van der Waals surface area contributed by atoms with Crippen LogP contribution in [0.5, 0.6) is 0 Å². The van der Waals surface area contributed by atoms with Crippen molar-refractivity contribution >= 4 is 17.5 Å². The van der Waals surface area contributed by atoms with Crippen LogP contribution in [0.15, 0.2) is 48.7 Å². The van der Waals surface area contributed by atoms with E-state index in [-0.39, 0.29) is 5.82 Å². The highest BCUT2D eigenvalue weighted by Crippen LogP contribution is 2.23. The molecule has 0 unspecified atom stereocenters. The van der Waals surface area contributed by atoms with Gasteiger partial charge < -0.3 is 10.6 Å². The van der Waals surface area contributed by atoms with Gasteiger partial charge in [-0.3, -0.25) is 0 Å². The predicted molar refractivity (Wildman–Crippen MR) is 92.8 cm³/mol. The van der Waals surface area contributed by atoms with Crippen LogP contribution in [0.25, 0.3) is 0 Å². The van der Waals surface area contributed by atoms with Gasteiger partial charge in [0.15, 0.2) is 5.82 Å². The van der Waals surface area contributed by atoms with Crippen LogP contribution in [-0.4, -0.2) is 15.2 Å². The second kappa shape index (κ2) is 7.04. The van der Waals surface area contributed by atoms with Crippen LogP contribution in [0.2, 0.25) is 0 Å². The van der Waals surface area contributed by atoms with Crippen LogP contribution in [0.1, 0.15) is 16.7 Å². The van der Waals surface area contributed by atoms with E-state index in [0.717, 1.165) is 16.8 Å². The van der Waals surface area contributed by atoms with Gasteiger partial charge in [0.2, 0.25) is 5.95 Å². The number of aryl methyl sites for hydroxylation is 2. The average molecular weight is 323 g/mol. The van der Waals surface area contributed by atoms with Gasteiger partial charge in [0.05, 0.1) is 6.20 Å². The smallest absolute Gasteiger partial charge is 0.244 e. The zero-order chi connectivity index (χ0) is 16.9. The number of halogens is 1. The van der Waals surface area contributed by atoms with Crippen molar-refractivity contribution in [2.75, 3.05) is 10.6 Å². The molecular formula is C18H18FN5. The van der Waals surface area contributed by atoms with E-state index in [1.165, 1.54) is 6.07 Å². The summed E-state index contributed by atoms with van der Waals surface area (Å²) in [5.74, 6) is 0.663. The molecule has 0 aliphatic rings. The Morgan fingerprint density at radius 3 is 2.50 bits per heavy atom. The summed E-state index contributed by atoms with van der Waals surface area (Å²) in [6.45, 7) is 4.35. The lowest BCUT2D eigenvalue weighted by Crippen LogP contribution is -2.08. The fraction of sp³-hybridized carbons (Fsp3) is 0.167. The van der Waals surface area contributed by atoms with Crippen molar-refractivity contribution < 1.29 is 4.39 Å². The lowest BCUT2D eigenvalue weighted by molar-refractivity contribution is 0.612. The molecule has 2 N–H and O–H groups in total. The molecule has 3 rings (SSSR count). The number of hydrogen-bond donors (Lipinski definition) is 2. The highest BCUT2D eigenvalue weighted by Gasteiger charge is 2.06. The Balaban J connectivity index is 1.74. The van der Waals surface area contributed by atoms with Gasteiger partial charge in [0.25, 0.3) is 0 Å². The molecule has 0 saturated carbocycles. The first-order valence-electron chi connectivity index (χ1n) is 7.64. The van der Waals surface area contributed by atoms with Crippen molar-refractivity contribution in [2.45, 2.75) is 20.4 Å². The van der Waals surface area contributed by atoms with E-state index in [1.807, 2.05) is 32.0 Å². The molecule has 5 nitrogen and oxygen atoms in total. The molecule has 0 saturated heterocycles. The molecular weight excluding hydrogens is 305 g/mol. The van der Waals surface area contributed by atoms with E-state index in [4.69, 9.17) is 0 Å². The van der Waals surface area contributed by atoms with E-state index < -0.39 is 0 Å². The molecule has 0 radical (unpaired) electrons. The summed E-state index contributed by atoms with van der Waals surface area (Å²) in [7, 11) is 0. The minimum atomic E-state index is -0.261. The SMILES string of the molecule is Cc1cccc(C)c1Nc1cnnc(NCc2ccccc2F)n1. The Labute approximate surface area is 140 Å². The van der Waals surface area contributed by atoms with Gasteiger partial charge in [-0.1, -0.05) is 36.4 Å². The monoisotopic (exact) mass is 323 g/mol. The summed E-state index contributed by atoms with van der Waals surface area (Å²) in [4.78, 5) is 4.38. The Morgan fingerprint density at radius 2 is 1.75 bits per heavy atom. The summed E-state index contributed by atoms with van der Waals surface area (Å²) in [5.41, 5.74) is 3.79. The summed E-state index contributed by atoms with van der Waals surface area (Å²) in [6, 6.07) is 12.7. The topological polar surface area (TPSA) is 62.7 Å². The van der Waals surface area contributed by atoms with Crippen LogP contribution < -0.4 is 10.6 Å². The summed E-state index contributed by atoms with van der Waals surface area (Å²) in [6.07, 6.45) is 1.56. The Morgan fingerprint density at radius 1 is 1.00 bits per heavy atom. The fourth-order valence-corrected chi connectivity index (χ4v) is 2.39. The number of aromatic nitrogens is 3. The van der Waals surface area contributed by atoms with Gasteiger partial charge in [0, 0.05) is 17.8 Å². The number of nitrogens with zero attached hydrogens (tertiary/aromatic N) is 3. The van der Waals surface area contributed by atoms with E-state index in [9.17, 15) is 4.39 Å². The Bertz CT molecular complexity index is 830. The van der Waals surface area contributed by atoms with Gasteiger partial charge in [-0.25, -0.2) is 4.39 Å². The second-order valence-electron chi connectivity index (χ2n) is 5.50. The first kappa shape index (κ1) is 15.9. The number of rotatable bonds is 5. The molecule has 1 aromatic heterocycles. The zero-order valence-electron chi connectivity index (χ0n) is 13.5. The summed E-state index contributed by atoms with van der Waals surface area (Å²) in [5, 5.41) is 14.1. The Hall–Kier alpha value is -3.02. The van der Waals surface area contributed by atoms with Crippen LogP contribution in [0.4, 0.5) is 21.8 Å². The minimum absolute atomic E-state index is 0.261.